The molecule has 0 saturated carbocycles. The Bertz CT molecular complexity index is 640. The first-order valence-corrected chi connectivity index (χ1v) is 9.20. The molecule has 0 aliphatic heterocycles. The van der Waals surface area contributed by atoms with Crippen LogP contribution in [0.2, 0.25) is 10.0 Å². The van der Waals surface area contributed by atoms with Crippen LogP contribution in [0.4, 0.5) is 4.79 Å². The summed E-state index contributed by atoms with van der Waals surface area (Å²) in [5, 5.41) is 10.2. The van der Waals surface area contributed by atoms with Gasteiger partial charge in [0.1, 0.15) is 6.29 Å². The molecule has 0 aliphatic carbocycles. The van der Waals surface area contributed by atoms with Gasteiger partial charge in [-0.15, -0.1) is 0 Å². The van der Waals surface area contributed by atoms with Crippen LogP contribution in [-0.2, 0) is 16.0 Å². The molecule has 0 heterocycles. The van der Waals surface area contributed by atoms with E-state index in [9.17, 15) is 19.5 Å². The standard InChI is InChI=1S/C18H24Cl2N2O4/c1-3-13(2)22(10-11-23)17(24)7-9-21(18(25)26)8-6-14-4-5-15(19)16(20)12-14/h4-5,11-13H,3,6-10H2,1-2H3,(H,25,26). The van der Waals surface area contributed by atoms with Gasteiger partial charge in [-0.05, 0) is 37.5 Å². The van der Waals surface area contributed by atoms with Gasteiger partial charge in [0, 0.05) is 25.6 Å². The highest BCUT2D eigenvalue weighted by Crippen LogP contribution is 2.22. The molecule has 1 aromatic carbocycles. The highest BCUT2D eigenvalue weighted by Gasteiger charge is 2.20. The summed E-state index contributed by atoms with van der Waals surface area (Å²) >= 11 is 11.8. The van der Waals surface area contributed by atoms with Gasteiger partial charge < -0.3 is 19.7 Å². The minimum Gasteiger partial charge on any atom is -0.465 e. The van der Waals surface area contributed by atoms with E-state index in [1.54, 1.807) is 18.2 Å². The number of nitrogens with zero attached hydrogens (tertiary/aromatic N) is 2. The quantitative estimate of drug-likeness (QED) is 0.604. The third kappa shape index (κ3) is 6.84. The van der Waals surface area contributed by atoms with Gasteiger partial charge in [0.25, 0.3) is 0 Å². The van der Waals surface area contributed by atoms with Crippen molar-refractivity contribution >= 4 is 41.5 Å². The number of aldehydes is 1. The van der Waals surface area contributed by atoms with Crippen LogP contribution in [0.5, 0.6) is 0 Å². The number of benzene rings is 1. The molecule has 0 spiro atoms. The Morgan fingerprint density at radius 3 is 2.46 bits per heavy atom. The van der Waals surface area contributed by atoms with Gasteiger partial charge in [-0.3, -0.25) is 4.79 Å². The van der Waals surface area contributed by atoms with E-state index in [-0.39, 0.29) is 38.0 Å². The lowest BCUT2D eigenvalue weighted by atomic mass is 10.1. The lowest BCUT2D eigenvalue weighted by molar-refractivity contribution is -0.135. The molecule has 0 fully saturated rings. The molecule has 0 radical (unpaired) electrons. The van der Waals surface area contributed by atoms with Gasteiger partial charge in [-0.25, -0.2) is 4.79 Å². The van der Waals surface area contributed by atoms with Crippen LogP contribution < -0.4 is 0 Å². The first-order valence-electron chi connectivity index (χ1n) is 8.45. The fourth-order valence-corrected chi connectivity index (χ4v) is 2.79. The number of carboxylic acid groups (broad SMARTS) is 1. The molecule has 1 aromatic rings. The average Bonchev–Trinajstić information content (AvgIpc) is 2.61. The molecule has 144 valence electrons. The van der Waals surface area contributed by atoms with Crippen molar-refractivity contribution in [1.29, 1.82) is 0 Å². The van der Waals surface area contributed by atoms with E-state index in [2.05, 4.69) is 0 Å². The molecule has 0 aromatic heterocycles. The van der Waals surface area contributed by atoms with Gasteiger partial charge in [-0.2, -0.15) is 0 Å². The summed E-state index contributed by atoms with van der Waals surface area (Å²) in [6.45, 7) is 4.11. The zero-order valence-corrected chi connectivity index (χ0v) is 16.5. The van der Waals surface area contributed by atoms with E-state index >= 15 is 0 Å². The third-order valence-corrected chi connectivity index (χ3v) is 4.97. The maximum atomic E-state index is 12.3. The van der Waals surface area contributed by atoms with Crippen molar-refractivity contribution in [2.75, 3.05) is 19.6 Å². The molecule has 1 rings (SSSR count). The molecule has 1 atom stereocenters. The summed E-state index contributed by atoms with van der Waals surface area (Å²) in [5.74, 6) is -0.229. The zero-order chi connectivity index (χ0) is 19.7. The van der Waals surface area contributed by atoms with Crippen molar-refractivity contribution in [2.24, 2.45) is 0 Å². The summed E-state index contributed by atoms with van der Waals surface area (Å²) < 4.78 is 0. The number of carbonyl (C=O) groups excluding carboxylic acids is 2. The van der Waals surface area contributed by atoms with Crippen LogP contribution in [-0.4, -0.2) is 58.9 Å². The summed E-state index contributed by atoms with van der Waals surface area (Å²) in [5.41, 5.74) is 0.860. The summed E-state index contributed by atoms with van der Waals surface area (Å²) in [4.78, 5) is 37.2. The number of halogens is 2. The molecule has 1 unspecified atom stereocenters. The fourth-order valence-electron chi connectivity index (χ4n) is 2.46. The highest BCUT2D eigenvalue weighted by molar-refractivity contribution is 6.42. The van der Waals surface area contributed by atoms with Crippen molar-refractivity contribution in [3.05, 3.63) is 33.8 Å². The SMILES string of the molecule is CCC(C)N(CC=O)C(=O)CCN(CCc1ccc(Cl)c(Cl)c1)C(=O)O. The third-order valence-electron chi connectivity index (χ3n) is 4.23. The molecule has 6 nitrogen and oxygen atoms in total. The van der Waals surface area contributed by atoms with Gasteiger partial charge in [0.15, 0.2) is 0 Å². The molecule has 0 saturated heterocycles. The summed E-state index contributed by atoms with van der Waals surface area (Å²) in [7, 11) is 0. The minimum absolute atomic E-state index is 0.0180. The molecular formula is C18H24Cl2N2O4. The fraction of sp³-hybridized carbons (Fsp3) is 0.500. The first-order chi connectivity index (χ1) is 12.3. The second kappa shape index (κ2) is 11.0. The topological polar surface area (TPSA) is 77.9 Å². The summed E-state index contributed by atoms with van der Waals surface area (Å²) in [6.07, 6.45) is 0.804. The zero-order valence-electron chi connectivity index (χ0n) is 15.0. The Kier molecular flexibility index (Phi) is 9.44. The van der Waals surface area contributed by atoms with E-state index < -0.39 is 6.09 Å². The minimum atomic E-state index is -1.09. The van der Waals surface area contributed by atoms with Crippen LogP contribution in [0.1, 0.15) is 32.3 Å². The maximum absolute atomic E-state index is 12.3. The van der Waals surface area contributed by atoms with Crippen LogP contribution in [0.3, 0.4) is 0 Å². The monoisotopic (exact) mass is 402 g/mol. The van der Waals surface area contributed by atoms with Crippen LogP contribution in [0.25, 0.3) is 0 Å². The Morgan fingerprint density at radius 1 is 1.23 bits per heavy atom. The normalized spacial score (nSPS) is 11.7. The Morgan fingerprint density at radius 2 is 1.92 bits per heavy atom. The molecule has 8 heteroatoms. The molecule has 26 heavy (non-hydrogen) atoms. The van der Waals surface area contributed by atoms with Gasteiger partial charge in [0.2, 0.25) is 5.91 Å². The second-order valence-corrected chi connectivity index (χ2v) is 6.80. The molecule has 0 bridgehead atoms. The Balaban J connectivity index is 2.64. The predicted molar refractivity (Wildman–Crippen MR) is 102 cm³/mol. The average molecular weight is 403 g/mol. The predicted octanol–water partition coefficient (Wildman–Crippen LogP) is 3.73. The smallest absolute Gasteiger partial charge is 0.407 e. The number of hydrogen-bond donors (Lipinski definition) is 1. The van der Waals surface area contributed by atoms with Crippen molar-refractivity contribution < 1.29 is 19.5 Å². The summed E-state index contributed by atoms with van der Waals surface area (Å²) in [6, 6.07) is 5.08. The van der Waals surface area contributed by atoms with Gasteiger partial charge in [0.05, 0.1) is 16.6 Å². The molecular weight excluding hydrogens is 379 g/mol. The number of carbonyl (C=O) groups is 3. The van der Waals surface area contributed by atoms with E-state index in [0.29, 0.717) is 22.8 Å². The van der Waals surface area contributed by atoms with Crippen LogP contribution in [0, 0.1) is 0 Å². The number of rotatable bonds is 10. The Hall–Kier alpha value is -1.79. The van der Waals surface area contributed by atoms with Crippen molar-refractivity contribution in [3.63, 3.8) is 0 Å². The number of hydrogen-bond acceptors (Lipinski definition) is 3. The molecule has 2 amide bonds. The molecule has 0 aliphatic rings. The van der Waals surface area contributed by atoms with E-state index in [0.717, 1.165) is 12.0 Å². The molecule has 1 N–H and O–H groups in total. The van der Waals surface area contributed by atoms with Crippen molar-refractivity contribution in [2.45, 2.75) is 39.2 Å². The van der Waals surface area contributed by atoms with Gasteiger partial charge >= 0.3 is 6.09 Å². The van der Waals surface area contributed by atoms with Gasteiger partial charge in [-0.1, -0.05) is 36.2 Å². The number of amides is 2. The largest absolute Gasteiger partial charge is 0.465 e. The highest BCUT2D eigenvalue weighted by atomic mass is 35.5. The first kappa shape index (κ1) is 22.3. The van der Waals surface area contributed by atoms with Crippen molar-refractivity contribution in [1.82, 2.24) is 9.80 Å². The second-order valence-electron chi connectivity index (χ2n) is 5.99. The van der Waals surface area contributed by atoms with E-state index in [4.69, 9.17) is 23.2 Å². The lowest BCUT2D eigenvalue weighted by Crippen LogP contribution is -2.42. The maximum Gasteiger partial charge on any atom is 0.407 e. The van der Waals surface area contributed by atoms with Crippen molar-refractivity contribution in [3.8, 4) is 0 Å². The lowest BCUT2D eigenvalue weighted by Gasteiger charge is -2.28. The van der Waals surface area contributed by atoms with E-state index in [1.807, 2.05) is 13.8 Å². The van der Waals surface area contributed by atoms with Crippen LogP contribution >= 0.6 is 23.2 Å². The Labute approximate surface area is 163 Å². The van der Waals surface area contributed by atoms with E-state index in [1.165, 1.54) is 9.80 Å². The van der Waals surface area contributed by atoms with Crippen LogP contribution in [0.15, 0.2) is 18.2 Å².